The van der Waals surface area contributed by atoms with Gasteiger partial charge in [0.15, 0.2) is 11.3 Å². The van der Waals surface area contributed by atoms with E-state index in [9.17, 15) is 28.1 Å². The van der Waals surface area contributed by atoms with Gasteiger partial charge >= 0.3 is 6.18 Å². The molecule has 29 heavy (non-hydrogen) atoms. The van der Waals surface area contributed by atoms with E-state index in [4.69, 9.17) is 4.74 Å². The number of benzene rings is 1. The molecule has 1 N–H and O–H groups in total. The van der Waals surface area contributed by atoms with Crippen molar-refractivity contribution < 1.29 is 27.6 Å². The summed E-state index contributed by atoms with van der Waals surface area (Å²) >= 11 is 3.06. The molecule has 0 spiro atoms. The van der Waals surface area contributed by atoms with Crippen molar-refractivity contribution in [3.8, 4) is 5.75 Å². The number of fused-ring (bicyclic) bond motifs is 1. The van der Waals surface area contributed by atoms with E-state index in [0.29, 0.717) is 4.52 Å². The van der Waals surface area contributed by atoms with Gasteiger partial charge in [-0.05, 0) is 28.9 Å². The van der Waals surface area contributed by atoms with Gasteiger partial charge < -0.3 is 10.1 Å². The lowest BCUT2D eigenvalue weighted by Gasteiger charge is -2.09. The highest BCUT2D eigenvalue weighted by molar-refractivity contribution is 9.10. The minimum absolute atomic E-state index is 0.00481. The topological polar surface area (TPSA) is 112 Å². The second-order valence-corrected chi connectivity index (χ2v) is 6.60. The summed E-state index contributed by atoms with van der Waals surface area (Å²) in [5.74, 6) is -0.782. The number of carbonyl (C=O) groups is 1. The monoisotopic (exact) mass is 473 g/mol. The summed E-state index contributed by atoms with van der Waals surface area (Å²) in [6.45, 7) is 1.38. The number of nitrogens with zero attached hydrogens (tertiary/aromatic N) is 4. The SMILES string of the molecule is COc1cc(NC(=O)c2nn3c(C(F)(F)F)cc(C)nc3c2Br)cc([N+](=O)[O-])c1. The number of non-ortho nitro benzene ring substituents is 1. The van der Waals surface area contributed by atoms with Gasteiger partial charge in [0.2, 0.25) is 0 Å². The van der Waals surface area contributed by atoms with E-state index in [1.54, 1.807) is 0 Å². The molecule has 0 atom stereocenters. The maximum absolute atomic E-state index is 13.3. The van der Waals surface area contributed by atoms with E-state index < -0.39 is 22.7 Å². The number of hydrogen-bond donors (Lipinski definition) is 1. The van der Waals surface area contributed by atoms with Crippen molar-refractivity contribution in [2.45, 2.75) is 13.1 Å². The first kappa shape index (κ1) is 20.5. The molecule has 0 radical (unpaired) electrons. The van der Waals surface area contributed by atoms with Crippen LogP contribution in [-0.2, 0) is 6.18 Å². The van der Waals surface area contributed by atoms with Gasteiger partial charge in [0.25, 0.3) is 11.6 Å². The highest BCUT2D eigenvalue weighted by atomic mass is 79.9. The fourth-order valence-electron chi connectivity index (χ4n) is 2.53. The standard InChI is InChI=1S/C16H11BrF3N5O4/c1-7-3-11(16(18,19)20)24-14(21-7)12(17)13(23-24)15(26)22-8-4-9(25(27)28)6-10(5-8)29-2/h3-6H,1-2H3,(H,22,26). The normalized spacial score (nSPS) is 11.5. The van der Waals surface area contributed by atoms with Gasteiger partial charge in [-0.3, -0.25) is 14.9 Å². The fourth-order valence-corrected chi connectivity index (χ4v) is 3.04. The second-order valence-electron chi connectivity index (χ2n) is 5.81. The maximum atomic E-state index is 13.3. The van der Waals surface area contributed by atoms with Crippen molar-refractivity contribution in [3.05, 3.63) is 55.9 Å². The molecule has 0 aliphatic rings. The lowest BCUT2D eigenvalue weighted by atomic mass is 10.2. The molecular formula is C16H11BrF3N5O4. The summed E-state index contributed by atoms with van der Waals surface area (Å²) in [4.78, 5) is 26.9. The number of carbonyl (C=O) groups excluding carboxylic acids is 1. The van der Waals surface area contributed by atoms with Crippen molar-refractivity contribution in [2.24, 2.45) is 0 Å². The van der Waals surface area contributed by atoms with Gasteiger partial charge in [0.1, 0.15) is 11.4 Å². The van der Waals surface area contributed by atoms with Crippen LogP contribution in [0, 0.1) is 17.0 Å². The number of amides is 1. The summed E-state index contributed by atoms with van der Waals surface area (Å²) in [5.41, 5.74) is -1.92. The summed E-state index contributed by atoms with van der Waals surface area (Å²) < 4.78 is 45.3. The molecule has 0 unspecified atom stereocenters. The lowest BCUT2D eigenvalue weighted by Crippen LogP contribution is -2.16. The van der Waals surface area contributed by atoms with Gasteiger partial charge in [-0.2, -0.15) is 18.3 Å². The zero-order valence-corrected chi connectivity index (χ0v) is 16.3. The largest absolute Gasteiger partial charge is 0.496 e. The molecule has 1 amide bonds. The third-order valence-electron chi connectivity index (χ3n) is 3.76. The van der Waals surface area contributed by atoms with Crippen LogP contribution in [0.15, 0.2) is 28.7 Å². The molecular weight excluding hydrogens is 463 g/mol. The Kier molecular flexibility index (Phi) is 5.17. The van der Waals surface area contributed by atoms with Crippen LogP contribution in [0.3, 0.4) is 0 Å². The Morgan fingerprint density at radius 1 is 1.31 bits per heavy atom. The number of aryl methyl sites for hydroxylation is 1. The number of alkyl halides is 3. The quantitative estimate of drug-likeness (QED) is 0.452. The van der Waals surface area contributed by atoms with Crippen molar-refractivity contribution in [1.82, 2.24) is 14.6 Å². The minimum atomic E-state index is -4.72. The molecule has 3 aromatic rings. The molecule has 2 aromatic heterocycles. The van der Waals surface area contributed by atoms with E-state index >= 15 is 0 Å². The van der Waals surface area contributed by atoms with E-state index in [0.717, 1.165) is 18.2 Å². The van der Waals surface area contributed by atoms with Gasteiger partial charge in [-0.15, -0.1) is 0 Å². The smallest absolute Gasteiger partial charge is 0.433 e. The number of aromatic nitrogens is 3. The molecule has 0 saturated heterocycles. The molecule has 152 valence electrons. The zero-order chi connectivity index (χ0) is 21.5. The van der Waals surface area contributed by atoms with Crippen molar-refractivity contribution in [3.63, 3.8) is 0 Å². The van der Waals surface area contributed by atoms with Crippen molar-refractivity contribution >= 4 is 38.9 Å². The molecule has 0 bridgehead atoms. The Morgan fingerprint density at radius 3 is 2.59 bits per heavy atom. The van der Waals surface area contributed by atoms with Crippen LogP contribution < -0.4 is 10.1 Å². The Morgan fingerprint density at radius 2 is 2.00 bits per heavy atom. The molecule has 0 fully saturated rings. The highest BCUT2D eigenvalue weighted by Crippen LogP contribution is 2.33. The number of methoxy groups -OCH3 is 1. The number of ether oxygens (including phenoxy) is 1. The van der Waals surface area contributed by atoms with Crippen LogP contribution in [0.1, 0.15) is 21.9 Å². The van der Waals surface area contributed by atoms with Gasteiger partial charge in [0.05, 0.1) is 28.3 Å². The van der Waals surface area contributed by atoms with Gasteiger partial charge in [-0.1, -0.05) is 0 Å². The zero-order valence-electron chi connectivity index (χ0n) is 14.7. The molecule has 3 rings (SSSR count). The molecule has 0 saturated carbocycles. The number of anilines is 1. The summed E-state index contributed by atoms with van der Waals surface area (Å²) in [6, 6.07) is 4.35. The van der Waals surface area contributed by atoms with Crippen molar-refractivity contribution in [1.29, 1.82) is 0 Å². The summed E-state index contributed by atoms with van der Waals surface area (Å²) in [6.07, 6.45) is -4.72. The van der Waals surface area contributed by atoms with E-state index in [-0.39, 0.29) is 38.6 Å². The number of hydrogen-bond acceptors (Lipinski definition) is 6. The van der Waals surface area contributed by atoms with Crippen LogP contribution in [0.2, 0.25) is 0 Å². The molecule has 1 aromatic carbocycles. The Labute approximate surface area is 168 Å². The highest BCUT2D eigenvalue weighted by Gasteiger charge is 2.36. The predicted octanol–water partition coefficient (Wildman–Crippen LogP) is 3.99. The Balaban J connectivity index is 2.06. The number of halogens is 4. The number of nitrogens with one attached hydrogen (secondary N) is 1. The first-order valence-corrected chi connectivity index (χ1v) is 8.58. The van der Waals surface area contributed by atoms with Crippen LogP contribution in [0.25, 0.3) is 5.65 Å². The van der Waals surface area contributed by atoms with E-state index in [2.05, 4.69) is 31.3 Å². The first-order chi connectivity index (χ1) is 13.5. The minimum Gasteiger partial charge on any atom is -0.496 e. The van der Waals surface area contributed by atoms with Crippen molar-refractivity contribution in [2.75, 3.05) is 12.4 Å². The first-order valence-electron chi connectivity index (χ1n) is 7.79. The lowest BCUT2D eigenvalue weighted by molar-refractivity contribution is -0.384. The Hall–Kier alpha value is -3.22. The number of nitro groups is 1. The molecule has 0 aliphatic carbocycles. The Bertz CT molecular complexity index is 1150. The summed E-state index contributed by atoms with van der Waals surface area (Å²) in [5, 5.41) is 17.1. The predicted molar refractivity (Wildman–Crippen MR) is 98.0 cm³/mol. The van der Waals surface area contributed by atoms with Gasteiger partial charge in [-0.25, -0.2) is 9.50 Å². The van der Waals surface area contributed by atoms with Gasteiger partial charge in [0, 0.05) is 17.8 Å². The maximum Gasteiger partial charge on any atom is 0.433 e. The molecule has 0 aliphatic heterocycles. The molecule has 13 heteroatoms. The van der Waals surface area contributed by atoms with Crippen LogP contribution in [0.5, 0.6) is 5.75 Å². The van der Waals surface area contributed by atoms with E-state index in [1.165, 1.54) is 20.1 Å². The average molecular weight is 474 g/mol. The van der Waals surface area contributed by atoms with E-state index in [1.807, 2.05) is 0 Å². The molecule has 2 heterocycles. The second kappa shape index (κ2) is 7.31. The summed E-state index contributed by atoms with van der Waals surface area (Å²) in [7, 11) is 1.29. The number of rotatable bonds is 4. The average Bonchev–Trinajstić information content (AvgIpc) is 2.96. The van der Waals surface area contributed by atoms with Crippen LogP contribution >= 0.6 is 15.9 Å². The third-order valence-corrected chi connectivity index (χ3v) is 4.49. The number of nitro benzene ring substituents is 1. The molecule has 9 nitrogen and oxygen atoms in total. The van der Waals surface area contributed by atoms with Crippen LogP contribution in [0.4, 0.5) is 24.5 Å². The third kappa shape index (κ3) is 3.99. The van der Waals surface area contributed by atoms with Crippen LogP contribution in [-0.4, -0.2) is 32.5 Å². The fraction of sp³-hybridized carbons (Fsp3) is 0.188.